The summed E-state index contributed by atoms with van der Waals surface area (Å²) < 4.78 is 25.8. The highest BCUT2D eigenvalue weighted by Crippen LogP contribution is 2.19. The van der Waals surface area contributed by atoms with Crippen LogP contribution >= 0.6 is 0 Å². The monoisotopic (exact) mass is 185 g/mol. The van der Waals surface area contributed by atoms with Crippen molar-refractivity contribution in [3.63, 3.8) is 0 Å². The minimum absolute atomic E-state index is 0.266. The highest BCUT2D eigenvalue weighted by molar-refractivity contribution is 5.21. The van der Waals surface area contributed by atoms with Crippen molar-refractivity contribution >= 4 is 0 Å². The fourth-order valence-electron chi connectivity index (χ4n) is 1.27. The summed E-state index contributed by atoms with van der Waals surface area (Å²) >= 11 is 0. The molecule has 0 saturated carbocycles. The Hall–Kier alpha value is -0.960. The molecule has 1 aromatic carbocycles. The molecule has 0 aliphatic rings. The maximum atomic E-state index is 13.1. The van der Waals surface area contributed by atoms with Gasteiger partial charge in [0.05, 0.1) is 0 Å². The van der Waals surface area contributed by atoms with Crippen molar-refractivity contribution in [3.05, 3.63) is 35.4 Å². The Kier molecular flexibility index (Phi) is 3.37. The molecule has 1 aromatic rings. The summed E-state index contributed by atoms with van der Waals surface area (Å²) in [4.78, 5) is 0. The van der Waals surface area contributed by atoms with Gasteiger partial charge in [0.15, 0.2) is 0 Å². The van der Waals surface area contributed by atoms with Gasteiger partial charge in [0.2, 0.25) is 0 Å². The number of benzene rings is 1. The molecule has 1 rings (SSSR count). The molecule has 0 fully saturated rings. The van der Waals surface area contributed by atoms with Crippen LogP contribution in [-0.2, 0) is 0 Å². The Morgan fingerprint density at radius 3 is 2.69 bits per heavy atom. The van der Waals surface area contributed by atoms with E-state index in [4.69, 9.17) is 5.73 Å². The van der Waals surface area contributed by atoms with E-state index < -0.39 is 17.7 Å². The Morgan fingerprint density at radius 1 is 1.38 bits per heavy atom. The van der Waals surface area contributed by atoms with Gasteiger partial charge in [-0.3, -0.25) is 0 Å². The number of hydrogen-bond acceptors (Lipinski definition) is 1. The average molecular weight is 185 g/mol. The van der Waals surface area contributed by atoms with Gasteiger partial charge in [-0.25, -0.2) is 8.78 Å². The van der Waals surface area contributed by atoms with Crippen LogP contribution in [0.5, 0.6) is 0 Å². The lowest BCUT2D eigenvalue weighted by Gasteiger charge is -2.11. The van der Waals surface area contributed by atoms with Crippen molar-refractivity contribution in [1.29, 1.82) is 0 Å². The summed E-state index contributed by atoms with van der Waals surface area (Å²) in [6.07, 6.45) is 1.53. The van der Waals surface area contributed by atoms with Gasteiger partial charge >= 0.3 is 0 Å². The van der Waals surface area contributed by atoms with Gasteiger partial charge in [-0.05, 0) is 24.6 Å². The number of nitrogens with two attached hydrogens (primary N) is 1. The highest BCUT2D eigenvalue weighted by atomic mass is 19.1. The highest BCUT2D eigenvalue weighted by Gasteiger charge is 2.10. The molecule has 1 unspecified atom stereocenters. The van der Waals surface area contributed by atoms with E-state index in [0.717, 1.165) is 24.6 Å². The third-order valence-corrected chi connectivity index (χ3v) is 1.96. The predicted molar refractivity (Wildman–Crippen MR) is 48.2 cm³/mol. The van der Waals surface area contributed by atoms with E-state index in [1.165, 1.54) is 0 Å². The van der Waals surface area contributed by atoms with Crippen LogP contribution in [0.25, 0.3) is 0 Å². The molecule has 72 valence electrons. The molecule has 0 amide bonds. The van der Waals surface area contributed by atoms with Crippen molar-refractivity contribution in [2.75, 3.05) is 0 Å². The molecule has 13 heavy (non-hydrogen) atoms. The second-order valence-corrected chi connectivity index (χ2v) is 3.06. The largest absolute Gasteiger partial charge is 0.324 e. The summed E-state index contributed by atoms with van der Waals surface area (Å²) in [7, 11) is 0. The molecule has 0 spiro atoms. The molecular formula is C10H13F2N. The van der Waals surface area contributed by atoms with Crippen LogP contribution in [0, 0.1) is 11.6 Å². The first kappa shape index (κ1) is 10.1. The van der Waals surface area contributed by atoms with Crippen LogP contribution in [0.2, 0.25) is 0 Å². The number of halogens is 2. The topological polar surface area (TPSA) is 26.0 Å². The lowest BCUT2D eigenvalue weighted by Crippen LogP contribution is -2.11. The summed E-state index contributed by atoms with van der Waals surface area (Å²) in [5.74, 6) is -0.870. The van der Waals surface area contributed by atoms with Crippen LogP contribution in [-0.4, -0.2) is 0 Å². The van der Waals surface area contributed by atoms with Crippen LogP contribution in [0.3, 0.4) is 0 Å². The zero-order valence-corrected chi connectivity index (χ0v) is 7.56. The van der Waals surface area contributed by atoms with E-state index in [9.17, 15) is 8.78 Å². The first-order valence-electron chi connectivity index (χ1n) is 4.35. The summed E-state index contributed by atoms with van der Waals surface area (Å²) in [5, 5.41) is 0. The standard InChI is InChI=1S/C10H13F2N/c1-2-3-10(13)8-6-7(11)4-5-9(8)12/h4-6,10H,2-3,13H2,1H3. The second kappa shape index (κ2) is 4.33. The fraction of sp³-hybridized carbons (Fsp3) is 0.400. The predicted octanol–water partition coefficient (Wildman–Crippen LogP) is 2.76. The van der Waals surface area contributed by atoms with Crippen molar-refractivity contribution < 1.29 is 8.78 Å². The van der Waals surface area contributed by atoms with Crippen LogP contribution in [0.4, 0.5) is 8.78 Å². The molecule has 0 saturated heterocycles. The minimum Gasteiger partial charge on any atom is -0.324 e. The van der Waals surface area contributed by atoms with Crippen molar-refractivity contribution in [3.8, 4) is 0 Å². The summed E-state index contributed by atoms with van der Waals surface area (Å²) in [6, 6.07) is 2.97. The molecule has 0 aliphatic carbocycles. The number of rotatable bonds is 3. The molecule has 3 heteroatoms. The quantitative estimate of drug-likeness (QED) is 0.769. The molecule has 2 N–H and O–H groups in total. The van der Waals surface area contributed by atoms with Gasteiger partial charge in [-0.15, -0.1) is 0 Å². The lowest BCUT2D eigenvalue weighted by molar-refractivity contribution is 0.545. The molecule has 0 aromatic heterocycles. The third-order valence-electron chi connectivity index (χ3n) is 1.96. The van der Waals surface area contributed by atoms with E-state index in [1.54, 1.807) is 0 Å². The molecule has 1 nitrogen and oxygen atoms in total. The summed E-state index contributed by atoms with van der Waals surface area (Å²) in [6.45, 7) is 1.96. The molecule has 1 atom stereocenters. The Bertz CT molecular complexity index is 286. The average Bonchev–Trinajstić information content (AvgIpc) is 2.09. The third kappa shape index (κ3) is 2.49. The van der Waals surface area contributed by atoms with E-state index in [1.807, 2.05) is 6.92 Å². The SMILES string of the molecule is CCCC(N)c1cc(F)ccc1F. The van der Waals surface area contributed by atoms with Gasteiger partial charge < -0.3 is 5.73 Å². The van der Waals surface area contributed by atoms with Crippen LogP contribution in [0.15, 0.2) is 18.2 Å². The molecule has 0 aliphatic heterocycles. The van der Waals surface area contributed by atoms with Gasteiger partial charge in [0.25, 0.3) is 0 Å². The maximum absolute atomic E-state index is 13.1. The number of hydrogen-bond donors (Lipinski definition) is 1. The van der Waals surface area contributed by atoms with E-state index in [0.29, 0.717) is 6.42 Å². The first-order valence-corrected chi connectivity index (χ1v) is 4.35. The Labute approximate surface area is 76.6 Å². The van der Waals surface area contributed by atoms with Crippen LogP contribution < -0.4 is 5.73 Å². The zero-order valence-electron chi connectivity index (χ0n) is 7.56. The lowest BCUT2D eigenvalue weighted by atomic mass is 10.0. The maximum Gasteiger partial charge on any atom is 0.128 e. The molecule has 0 heterocycles. The fourth-order valence-corrected chi connectivity index (χ4v) is 1.27. The zero-order chi connectivity index (χ0) is 9.84. The molecule has 0 radical (unpaired) electrons. The normalized spacial score (nSPS) is 12.9. The molecular weight excluding hydrogens is 172 g/mol. The second-order valence-electron chi connectivity index (χ2n) is 3.06. The van der Waals surface area contributed by atoms with E-state index in [2.05, 4.69) is 0 Å². The van der Waals surface area contributed by atoms with Gasteiger partial charge in [-0.1, -0.05) is 13.3 Å². The van der Waals surface area contributed by atoms with E-state index in [-0.39, 0.29) is 5.56 Å². The van der Waals surface area contributed by atoms with E-state index >= 15 is 0 Å². The van der Waals surface area contributed by atoms with Gasteiger partial charge in [-0.2, -0.15) is 0 Å². The Balaban J connectivity index is 2.91. The van der Waals surface area contributed by atoms with Crippen molar-refractivity contribution in [1.82, 2.24) is 0 Å². The minimum atomic E-state index is -0.442. The van der Waals surface area contributed by atoms with Gasteiger partial charge in [0, 0.05) is 11.6 Å². The van der Waals surface area contributed by atoms with Crippen molar-refractivity contribution in [2.45, 2.75) is 25.8 Å². The van der Waals surface area contributed by atoms with Gasteiger partial charge in [0.1, 0.15) is 11.6 Å². The van der Waals surface area contributed by atoms with Crippen LogP contribution in [0.1, 0.15) is 31.4 Å². The first-order chi connectivity index (χ1) is 6.15. The molecule has 0 bridgehead atoms. The Morgan fingerprint density at radius 2 is 2.08 bits per heavy atom. The summed E-state index contributed by atoms with van der Waals surface area (Å²) in [5.41, 5.74) is 5.93. The van der Waals surface area contributed by atoms with Crippen molar-refractivity contribution in [2.24, 2.45) is 5.73 Å². The smallest absolute Gasteiger partial charge is 0.128 e.